The number of hydrogen-bond donors (Lipinski definition) is 0. The van der Waals surface area contributed by atoms with Crippen LogP contribution in [0.15, 0.2) is 176 Å². The molecule has 0 saturated heterocycles. The van der Waals surface area contributed by atoms with Crippen LogP contribution in [-0.2, 0) is 21.7 Å². The average molecular weight is 875 g/mol. The van der Waals surface area contributed by atoms with Crippen LogP contribution >= 0.6 is 0 Å². The third-order valence-electron chi connectivity index (χ3n) is 17.3. The van der Waals surface area contributed by atoms with Crippen molar-refractivity contribution in [2.75, 3.05) is 9.80 Å². The van der Waals surface area contributed by atoms with E-state index in [-0.39, 0.29) is 21.7 Å². The van der Waals surface area contributed by atoms with Gasteiger partial charge in [-0.05, 0) is 143 Å². The molecule has 2 nitrogen and oxygen atoms in total. The maximum atomic E-state index is 5.12. The van der Waals surface area contributed by atoms with Gasteiger partial charge in [0.25, 0.3) is 0 Å². The lowest BCUT2D eigenvalue weighted by Gasteiger charge is -2.53. The van der Waals surface area contributed by atoms with Crippen molar-refractivity contribution in [3.63, 3.8) is 0 Å². The Balaban J connectivity index is 1.04. The van der Waals surface area contributed by atoms with Gasteiger partial charge in [0.2, 0.25) is 0 Å². The SMILES string of the molecule is C=C1c2cc(-c3cccc4ccccc34)cc3c2N2c4c1cc(N(c1ccc5c(c1)C(C)(C)c1ccccc1-5)c1ccc5c(c1)C(C)(C)c1ccccc1-5)cc4C(C)(C)c1cccc(c12)C3(C)C. The standard InChI is InChI=1S/C66H54N2/c1-38-50-32-40(45-23-16-19-39-18-10-11-20-44(39)45)33-58-60(50)68-61-51(38)34-43(37-59(61)66(8,9)55-27-17-26-54(62(55)68)65(58,6)7)67(41-28-30-48-46-21-12-14-24-52(46)63(2,3)56(48)35-41)42-29-31-49-47-22-13-15-25-53(47)64(4,5)57(49)36-42/h10-37H,1H2,2-9H3. The molecule has 328 valence electrons. The number of rotatable bonds is 4. The second kappa shape index (κ2) is 13.0. The average Bonchev–Trinajstić information content (AvgIpc) is 3.71. The molecule has 0 N–H and O–H groups in total. The molecular weight excluding hydrogens is 821 g/mol. The van der Waals surface area contributed by atoms with Crippen molar-refractivity contribution in [2.45, 2.75) is 77.0 Å². The first-order valence-corrected chi connectivity index (χ1v) is 24.5. The van der Waals surface area contributed by atoms with Crippen molar-refractivity contribution >= 4 is 50.5 Å². The number of para-hydroxylation sites is 1. The number of benzene rings is 9. The van der Waals surface area contributed by atoms with Gasteiger partial charge < -0.3 is 9.80 Å². The molecule has 0 bridgehead atoms. The first-order valence-electron chi connectivity index (χ1n) is 24.5. The van der Waals surface area contributed by atoms with Crippen LogP contribution in [0.1, 0.15) is 111 Å². The lowest BCUT2D eigenvalue weighted by atomic mass is 9.63. The van der Waals surface area contributed by atoms with E-state index in [0.717, 1.165) is 22.6 Å². The van der Waals surface area contributed by atoms with Crippen molar-refractivity contribution in [3.05, 3.63) is 232 Å². The molecule has 0 fully saturated rings. The summed E-state index contributed by atoms with van der Waals surface area (Å²) in [5, 5.41) is 2.52. The first kappa shape index (κ1) is 39.7. The molecule has 14 rings (SSSR count). The van der Waals surface area contributed by atoms with Crippen LogP contribution in [0.25, 0.3) is 49.7 Å². The molecule has 68 heavy (non-hydrogen) atoms. The van der Waals surface area contributed by atoms with Gasteiger partial charge in [-0.2, -0.15) is 0 Å². The monoisotopic (exact) mass is 874 g/mol. The lowest BCUT2D eigenvalue weighted by Crippen LogP contribution is -2.40. The second-order valence-electron chi connectivity index (χ2n) is 22.2. The van der Waals surface area contributed by atoms with Crippen LogP contribution in [0, 0.1) is 0 Å². The molecule has 9 aromatic rings. The third-order valence-corrected chi connectivity index (χ3v) is 17.3. The molecular formula is C66H54N2. The number of fused-ring (bicyclic) bond motifs is 7. The summed E-state index contributed by atoms with van der Waals surface area (Å²) in [6, 6.07) is 64.9. The summed E-state index contributed by atoms with van der Waals surface area (Å²) in [5.74, 6) is 0. The molecule has 0 atom stereocenters. The zero-order chi connectivity index (χ0) is 46.4. The first-order chi connectivity index (χ1) is 32.7. The van der Waals surface area contributed by atoms with E-state index in [1.807, 2.05) is 0 Å². The van der Waals surface area contributed by atoms with Crippen molar-refractivity contribution in [1.82, 2.24) is 0 Å². The summed E-state index contributed by atoms with van der Waals surface area (Å²) in [7, 11) is 0. The minimum atomic E-state index is -0.314. The Hall–Kier alpha value is -7.42. The predicted octanol–water partition coefficient (Wildman–Crippen LogP) is 17.7. The quantitative estimate of drug-likeness (QED) is 0.174. The van der Waals surface area contributed by atoms with Gasteiger partial charge in [0, 0.05) is 49.8 Å². The molecule has 0 saturated carbocycles. The second-order valence-corrected chi connectivity index (χ2v) is 22.2. The number of nitrogens with zero attached hydrogens (tertiary/aromatic N) is 2. The van der Waals surface area contributed by atoms with Crippen LogP contribution in [-0.4, -0.2) is 0 Å². The van der Waals surface area contributed by atoms with E-state index < -0.39 is 0 Å². The van der Waals surface area contributed by atoms with Crippen LogP contribution in [0.3, 0.4) is 0 Å². The van der Waals surface area contributed by atoms with Crippen molar-refractivity contribution in [1.29, 1.82) is 0 Å². The molecule has 3 aliphatic heterocycles. The van der Waals surface area contributed by atoms with Crippen LogP contribution in [0.5, 0.6) is 0 Å². The van der Waals surface area contributed by atoms with Gasteiger partial charge in [0.05, 0.1) is 17.1 Å². The Bertz CT molecular complexity index is 3670. The smallest absolute Gasteiger partial charge is 0.0583 e. The predicted molar refractivity (Wildman–Crippen MR) is 286 cm³/mol. The van der Waals surface area contributed by atoms with Crippen molar-refractivity contribution in [3.8, 4) is 33.4 Å². The van der Waals surface area contributed by atoms with E-state index >= 15 is 0 Å². The maximum Gasteiger partial charge on any atom is 0.0583 e. The van der Waals surface area contributed by atoms with Gasteiger partial charge in [-0.1, -0.05) is 183 Å². The summed E-state index contributed by atoms with van der Waals surface area (Å²) in [4.78, 5) is 5.20. The van der Waals surface area contributed by atoms with Crippen LogP contribution in [0.4, 0.5) is 34.1 Å². The Morgan fingerprint density at radius 3 is 1.40 bits per heavy atom. The molecule has 5 aliphatic rings. The van der Waals surface area contributed by atoms with E-state index in [0.29, 0.717) is 0 Å². The fraction of sp³-hybridized carbons (Fsp3) is 0.182. The summed E-state index contributed by atoms with van der Waals surface area (Å²) in [6.45, 7) is 24.4. The van der Waals surface area contributed by atoms with Gasteiger partial charge >= 0.3 is 0 Å². The summed E-state index contributed by atoms with van der Waals surface area (Å²) >= 11 is 0. The van der Waals surface area contributed by atoms with Gasteiger partial charge in [-0.25, -0.2) is 0 Å². The number of hydrogen-bond acceptors (Lipinski definition) is 2. The topological polar surface area (TPSA) is 6.48 Å². The Morgan fingerprint density at radius 1 is 0.338 bits per heavy atom. The molecule has 0 spiro atoms. The van der Waals surface area contributed by atoms with E-state index in [1.54, 1.807) is 0 Å². The van der Waals surface area contributed by atoms with Gasteiger partial charge in [-0.15, -0.1) is 0 Å². The van der Waals surface area contributed by atoms with Crippen LogP contribution < -0.4 is 9.80 Å². The lowest BCUT2D eigenvalue weighted by molar-refractivity contribution is 0.596. The maximum absolute atomic E-state index is 5.12. The van der Waals surface area contributed by atoms with Gasteiger partial charge in [-0.3, -0.25) is 0 Å². The fourth-order valence-corrected chi connectivity index (χ4v) is 13.6. The van der Waals surface area contributed by atoms with Crippen LogP contribution in [0.2, 0.25) is 0 Å². The fourth-order valence-electron chi connectivity index (χ4n) is 13.6. The van der Waals surface area contributed by atoms with Crippen molar-refractivity contribution < 1.29 is 0 Å². The highest BCUT2D eigenvalue weighted by Crippen LogP contribution is 2.66. The van der Waals surface area contributed by atoms with Gasteiger partial charge in [0.1, 0.15) is 0 Å². The normalized spacial score (nSPS) is 17.0. The Morgan fingerprint density at radius 2 is 0.779 bits per heavy atom. The zero-order valence-corrected chi connectivity index (χ0v) is 40.3. The summed E-state index contributed by atoms with van der Waals surface area (Å²) < 4.78 is 0. The third kappa shape index (κ3) is 4.88. The molecule has 0 unspecified atom stereocenters. The Labute approximate surface area is 400 Å². The minimum Gasteiger partial charge on any atom is -0.310 e. The molecule has 0 radical (unpaired) electrons. The highest BCUT2D eigenvalue weighted by molar-refractivity contribution is 6.10. The molecule has 2 aliphatic carbocycles. The highest BCUT2D eigenvalue weighted by atomic mass is 15.2. The largest absolute Gasteiger partial charge is 0.310 e. The summed E-state index contributed by atoms with van der Waals surface area (Å²) in [6.07, 6.45) is 0. The molecule has 9 aromatic carbocycles. The molecule has 0 aromatic heterocycles. The number of anilines is 6. The van der Waals surface area contributed by atoms with Gasteiger partial charge in [0.15, 0.2) is 0 Å². The minimum absolute atomic E-state index is 0.153. The molecule has 0 amide bonds. The zero-order valence-electron chi connectivity index (χ0n) is 40.3. The van der Waals surface area contributed by atoms with E-state index in [9.17, 15) is 0 Å². The molecule has 2 heteroatoms. The highest BCUT2D eigenvalue weighted by Gasteiger charge is 2.50. The van der Waals surface area contributed by atoms with E-state index in [2.05, 4.69) is 235 Å². The Kier molecular flexibility index (Phi) is 7.57. The van der Waals surface area contributed by atoms with E-state index in [4.69, 9.17) is 6.58 Å². The van der Waals surface area contributed by atoms with E-state index in [1.165, 1.54) is 117 Å². The molecule has 3 heterocycles. The summed E-state index contributed by atoms with van der Waals surface area (Å²) in [5.41, 5.74) is 28.6. The van der Waals surface area contributed by atoms with Crippen molar-refractivity contribution in [2.24, 2.45) is 0 Å².